The van der Waals surface area contributed by atoms with Crippen LogP contribution in [0.15, 0.2) is 47.7 Å². The number of methoxy groups -OCH3 is 1. The summed E-state index contributed by atoms with van der Waals surface area (Å²) < 4.78 is 33.7. The van der Waals surface area contributed by atoms with Crippen LogP contribution in [0.2, 0.25) is 0 Å². The number of amides is 1. The van der Waals surface area contributed by atoms with E-state index >= 15 is 0 Å². The average Bonchev–Trinajstić information content (AvgIpc) is 2.56. The smallest absolute Gasteiger partial charge is 0.387 e. The molecule has 1 aromatic carbocycles. The van der Waals surface area contributed by atoms with Gasteiger partial charge in [-0.3, -0.25) is 9.78 Å². The van der Waals surface area contributed by atoms with Gasteiger partial charge >= 0.3 is 6.61 Å². The van der Waals surface area contributed by atoms with Gasteiger partial charge in [-0.2, -0.15) is 13.9 Å². The Morgan fingerprint density at radius 2 is 2.13 bits per heavy atom. The zero-order valence-corrected chi connectivity index (χ0v) is 12.1. The van der Waals surface area contributed by atoms with Gasteiger partial charge in [-0.05, 0) is 35.9 Å². The predicted octanol–water partition coefficient (Wildman–Crippen LogP) is 2.46. The Morgan fingerprint density at radius 3 is 2.78 bits per heavy atom. The lowest BCUT2D eigenvalue weighted by Gasteiger charge is -2.09. The first-order chi connectivity index (χ1) is 11.1. The maximum absolute atomic E-state index is 12.2. The lowest BCUT2D eigenvalue weighted by molar-refractivity contribution is -0.0512. The second kappa shape index (κ2) is 7.83. The molecule has 0 aliphatic rings. The standard InChI is InChI=1S/C15H13F2N3O3/c1-22-13-8-10(5-6-12(13)23-15(16)17)9-19-20-14(21)11-4-2-3-7-18-11/h2-9,15H,1H3,(H,20,21)/b19-9+. The van der Waals surface area contributed by atoms with Gasteiger partial charge in [0.1, 0.15) is 5.69 Å². The monoisotopic (exact) mass is 321 g/mol. The molecule has 0 unspecified atom stereocenters. The second-order valence-corrected chi connectivity index (χ2v) is 4.20. The molecule has 0 spiro atoms. The number of hydrogen-bond donors (Lipinski definition) is 1. The number of halogens is 2. The third-order valence-electron chi connectivity index (χ3n) is 2.68. The van der Waals surface area contributed by atoms with Gasteiger partial charge in [-0.1, -0.05) is 6.07 Å². The van der Waals surface area contributed by atoms with Gasteiger partial charge in [0.15, 0.2) is 11.5 Å². The molecule has 0 aliphatic carbocycles. The van der Waals surface area contributed by atoms with Gasteiger partial charge in [0, 0.05) is 6.20 Å². The molecular formula is C15H13F2N3O3. The maximum atomic E-state index is 12.2. The Hall–Kier alpha value is -3.03. The molecule has 1 N–H and O–H groups in total. The number of rotatable bonds is 6. The molecular weight excluding hydrogens is 308 g/mol. The van der Waals surface area contributed by atoms with Gasteiger partial charge in [0.05, 0.1) is 13.3 Å². The first kappa shape index (κ1) is 16.3. The summed E-state index contributed by atoms with van der Waals surface area (Å²) in [4.78, 5) is 15.6. The van der Waals surface area contributed by atoms with Crippen molar-refractivity contribution in [2.45, 2.75) is 6.61 Å². The minimum atomic E-state index is -2.94. The zero-order chi connectivity index (χ0) is 16.7. The molecule has 2 rings (SSSR count). The van der Waals surface area contributed by atoms with Crippen LogP contribution in [0.4, 0.5) is 8.78 Å². The molecule has 0 bridgehead atoms. The lowest BCUT2D eigenvalue weighted by atomic mass is 10.2. The van der Waals surface area contributed by atoms with Crippen LogP contribution in [-0.2, 0) is 0 Å². The topological polar surface area (TPSA) is 72.8 Å². The van der Waals surface area contributed by atoms with E-state index in [1.165, 1.54) is 37.7 Å². The fourth-order valence-corrected chi connectivity index (χ4v) is 1.68. The summed E-state index contributed by atoms with van der Waals surface area (Å²) in [6.45, 7) is -2.94. The van der Waals surface area contributed by atoms with Crippen LogP contribution in [-0.4, -0.2) is 30.8 Å². The Balaban J connectivity index is 2.03. The SMILES string of the molecule is COc1cc(/C=N/NC(=O)c2ccccn2)ccc1OC(F)F. The van der Waals surface area contributed by atoms with Crippen molar-refractivity contribution in [2.75, 3.05) is 7.11 Å². The van der Waals surface area contributed by atoms with Gasteiger partial charge in [0.25, 0.3) is 5.91 Å². The van der Waals surface area contributed by atoms with Gasteiger partial charge in [0.2, 0.25) is 0 Å². The summed E-state index contributed by atoms with van der Waals surface area (Å²) in [7, 11) is 1.33. The van der Waals surface area contributed by atoms with Crippen LogP contribution < -0.4 is 14.9 Å². The van der Waals surface area contributed by atoms with Crippen LogP contribution in [0, 0.1) is 0 Å². The van der Waals surface area contributed by atoms with E-state index in [4.69, 9.17) is 4.74 Å². The van der Waals surface area contributed by atoms with Gasteiger partial charge in [-0.25, -0.2) is 5.43 Å². The fourth-order valence-electron chi connectivity index (χ4n) is 1.68. The van der Waals surface area contributed by atoms with Gasteiger partial charge in [-0.15, -0.1) is 0 Å². The molecule has 2 aromatic rings. The van der Waals surface area contributed by atoms with Crippen molar-refractivity contribution in [3.63, 3.8) is 0 Å². The molecule has 1 aromatic heterocycles. The molecule has 0 atom stereocenters. The van der Waals surface area contributed by atoms with Crippen molar-refractivity contribution >= 4 is 12.1 Å². The number of carbonyl (C=O) groups excluding carboxylic acids is 1. The molecule has 0 saturated carbocycles. The largest absolute Gasteiger partial charge is 0.493 e. The summed E-state index contributed by atoms with van der Waals surface area (Å²) in [5.41, 5.74) is 3.06. The molecule has 0 radical (unpaired) electrons. The van der Waals surface area contributed by atoms with E-state index in [-0.39, 0.29) is 17.2 Å². The van der Waals surface area contributed by atoms with Crippen LogP contribution in [0.3, 0.4) is 0 Å². The Bertz CT molecular complexity index is 694. The number of hydrazone groups is 1. The Labute approximate surface area is 130 Å². The molecule has 0 aliphatic heterocycles. The van der Waals surface area contributed by atoms with Crippen molar-refractivity contribution < 1.29 is 23.0 Å². The Kier molecular flexibility index (Phi) is 5.56. The van der Waals surface area contributed by atoms with Crippen molar-refractivity contribution in [2.24, 2.45) is 5.10 Å². The number of nitrogens with zero attached hydrogens (tertiary/aromatic N) is 2. The molecule has 120 valence electrons. The number of pyridine rings is 1. The summed E-state index contributed by atoms with van der Waals surface area (Å²) in [5, 5.41) is 3.77. The highest BCUT2D eigenvalue weighted by atomic mass is 19.3. The number of aromatic nitrogens is 1. The summed E-state index contributed by atoms with van der Waals surface area (Å²) >= 11 is 0. The first-order valence-corrected chi connectivity index (χ1v) is 6.47. The number of ether oxygens (including phenoxy) is 2. The van der Waals surface area contributed by atoms with E-state index in [0.29, 0.717) is 5.56 Å². The number of alkyl halides is 2. The van der Waals surface area contributed by atoms with Crippen molar-refractivity contribution in [1.29, 1.82) is 0 Å². The highest BCUT2D eigenvalue weighted by Gasteiger charge is 2.10. The number of nitrogens with one attached hydrogen (secondary N) is 1. The minimum Gasteiger partial charge on any atom is -0.493 e. The van der Waals surface area contributed by atoms with E-state index in [1.807, 2.05) is 0 Å². The average molecular weight is 321 g/mol. The summed E-state index contributed by atoms with van der Waals surface area (Å²) in [6.07, 6.45) is 2.83. The highest BCUT2D eigenvalue weighted by molar-refractivity contribution is 5.93. The first-order valence-electron chi connectivity index (χ1n) is 6.47. The second-order valence-electron chi connectivity index (χ2n) is 4.20. The lowest BCUT2D eigenvalue weighted by Crippen LogP contribution is -2.18. The Morgan fingerprint density at radius 1 is 1.30 bits per heavy atom. The molecule has 1 heterocycles. The van der Waals surface area contributed by atoms with Crippen LogP contribution in [0.5, 0.6) is 11.5 Å². The highest BCUT2D eigenvalue weighted by Crippen LogP contribution is 2.28. The van der Waals surface area contributed by atoms with Crippen molar-refractivity contribution in [3.8, 4) is 11.5 Å². The quantitative estimate of drug-likeness (QED) is 0.655. The van der Waals surface area contributed by atoms with Crippen LogP contribution in [0.25, 0.3) is 0 Å². The van der Waals surface area contributed by atoms with E-state index in [9.17, 15) is 13.6 Å². The fraction of sp³-hybridized carbons (Fsp3) is 0.133. The third kappa shape index (κ3) is 4.73. The molecule has 23 heavy (non-hydrogen) atoms. The summed E-state index contributed by atoms with van der Waals surface area (Å²) in [5.74, 6) is -0.422. The molecule has 1 amide bonds. The van der Waals surface area contributed by atoms with Gasteiger partial charge < -0.3 is 9.47 Å². The van der Waals surface area contributed by atoms with E-state index in [2.05, 4.69) is 20.2 Å². The zero-order valence-electron chi connectivity index (χ0n) is 12.1. The van der Waals surface area contributed by atoms with E-state index in [1.54, 1.807) is 18.2 Å². The molecule has 0 saturated heterocycles. The normalized spacial score (nSPS) is 10.8. The van der Waals surface area contributed by atoms with Crippen LogP contribution >= 0.6 is 0 Å². The number of benzene rings is 1. The third-order valence-corrected chi connectivity index (χ3v) is 2.68. The number of carbonyl (C=O) groups is 1. The van der Waals surface area contributed by atoms with Crippen LogP contribution in [0.1, 0.15) is 16.1 Å². The maximum Gasteiger partial charge on any atom is 0.387 e. The summed E-state index contributed by atoms with van der Waals surface area (Å²) in [6, 6.07) is 9.19. The van der Waals surface area contributed by atoms with Crippen molar-refractivity contribution in [3.05, 3.63) is 53.9 Å². The predicted molar refractivity (Wildman–Crippen MR) is 78.9 cm³/mol. The van der Waals surface area contributed by atoms with E-state index in [0.717, 1.165) is 0 Å². The van der Waals surface area contributed by atoms with Crippen molar-refractivity contribution in [1.82, 2.24) is 10.4 Å². The minimum absolute atomic E-state index is 0.0860. The van der Waals surface area contributed by atoms with E-state index < -0.39 is 12.5 Å². The molecule has 8 heteroatoms. The molecule has 0 fully saturated rings. The number of hydrogen-bond acceptors (Lipinski definition) is 5. The molecule has 6 nitrogen and oxygen atoms in total.